The molecule has 0 aliphatic heterocycles. The van der Waals surface area contributed by atoms with Gasteiger partial charge in [0.15, 0.2) is 0 Å². The Labute approximate surface area is 93.5 Å². The van der Waals surface area contributed by atoms with Gasteiger partial charge < -0.3 is 0 Å². The molecule has 0 fully saturated rings. The van der Waals surface area contributed by atoms with Crippen LogP contribution in [-0.4, -0.2) is 4.57 Å². The zero-order valence-corrected chi connectivity index (χ0v) is 9.31. The van der Waals surface area contributed by atoms with Crippen molar-refractivity contribution in [3.63, 3.8) is 0 Å². The molecule has 3 heteroatoms. The van der Waals surface area contributed by atoms with Crippen LogP contribution in [0.4, 0.5) is 4.70 Å². The zero-order valence-electron chi connectivity index (χ0n) is 9.31. The Morgan fingerprint density at radius 3 is 2.06 bits per heavy atom. The molecule has 0 N–H and O–H groups in total. The van der Waals surface area contributed by atoms with E-state index in [1.54, 1.807) is 10.6 Å². The third-order valence-corrected chi connectivity index (χ3v) is 2.37. The van der Waals surface area contributed by atoms with Crippen LogP contribution in [0.25, 0.3) is 5.69 Å². The number of halogens is 1. The molecule has 0 atom stereocenters. The second-order valence-electron chi connectivity index (χ2n) is 3.75. The summed E-state index contributed by atoms with van der Waals surface area (Å²) >= 11 is 0. The van der Waals surface area contributed by atoms with E-state index in [-0.39, 0.29) is 10.3 Å². The summed E-state index contributed by atoms with van der Waals surface area (Å²) < 4.78 is 1.66. The first-order chi connectivity index (χ1) is 7.16. The number of pyridine rings is 1. The van der Waals surface area contributed by atoms with Crippen molar-refractivity contribution >= 4 is 0 Å². The van der Waals surface area contributed by atoms with E-state index in [0.29, 0.717) is 0 Å². The lowest BCUT2D eigenvalue weighted by molar-refractivity contribution is 0.975. The molecule has 0 radical (unpaired) electrons. The number of hydrogen-bond acceptors (Lipinski definition) is 1. The Morgan fingerprint density at radius 2 is 1.44 bits per heavy atom. The first-order valence-corrected chi connectivity index (χ1v) is 4.93. The van der Waals surface area contributed by atoms with Gasteiger partial charge in [0.25, 0.3) is 5.56 Å². The normalized spacial score (nSPS) is 9.62. The Morgan fingerprint density at radius 1 is 0.875 bits per heavy atom. The van der Waals surface area contributed by atoms with Crippen molar-refractivity contribution in [2.75, 3.05) is 0 Å². The zero-order chi connectivity index (χ0) is 10.8. The maximum absolute atomic E-state index is 11.6. The standard InChI is InChI=1S/C13H13NO.FH/c1-10-3-6-12(7-4-10)14-9-11(2)5-8-13(14)15;/h3-9H,1-2H3;1H. The van der Waals surface area contributed by atoms with Crippen molar-refractivity contribution in [3.05, 3.63) is 64.1 Å². The lowest BCUT2D eigenvalue weighted by atomic mass is 10.2. The summed E-state index contributed by atoms with van der Waals surface area (Å²) in [6, 6.07) is 11.3. The van der Waals surface area contributed by atoms with Crippen LogP contribution in [0.2, 0.25) is 0 Å². The summed E-state index contributed by atoms with van der Waals surface area (Å²) in [5, 5.41) is 0. The van der Waals surface area contributed by atoms with E-state index >= 15 is 0 Å². The van der Waals surface area contributed by atoms with Gasteiger partial charge >= 0.3 is 0 Å². The molecule has 0 saturated heterocycles. The first-order valence-electron chi connectivity index (χ1n) is 4.93. The molecule has 0 aliphatic carbocycles. The molecule has 0 aliphatic rings. The first kappa shape index (κ1) is 12.2. The molecule has 1 aromatic heterocycles. The molecule has 2 nitrogen and oxygen atoms in total. The molecule has 0 spiro atoms. The molecule has 0 amide bonds. The van der Waals surface area contributed by atoms with E-state index in [2.05, 4.69) is 0 Å². The smallest absolute Gasteiger partial charge is 0.255 e. The van der Waals surface area contributed by atoms with Crippen molar-refractivity contribution in [3.8, 4) is 5.69 Å². The maximum atomic E-state index is 11.6. The SMILES string of the molecule is Cc1ccc(-n2cc(C)ccc2=O)cc1.F. The van der Waals surface area contributed by atoms with Gasteiger partial charge in [0.05, 0.1) is 0 Å². The summed E-state index contributed by atoms with van der Waals surface area (Å²) in [5.41, 5.74) is 3.19. The quantitative estimate of drug-likeness (QED) is 0.722. The van der Waals surface area contributed by atoms with E-state index in [4.69, 9.17) is 0 Å². The van der Waals surface area contributed by atoms with Crippen LogP contribution >= 0.6 is 0 Å². The number of nitrogens with zero attached hydrogens (tertiary/aromatic N) is 1. The molecule has 84 valence electrons. The van der Waals surface area contributed by atoms with Crippen LogP contribution in [0, 0.1) is 13.8 Å². The second-order valence-corrected chi connectivity index (χ2v) is 3.75. The number of rotatable bonds is 1. The fourth-order valence-corrected chi connectivity index (χ4v) is 1.50. The van der Waals surface area contributed by atoms with Gasteiger partial charge in [-0.05, 0) is 31.5 Å². The van der Waals surface area contributed by atoms with E-state index in [1.165, 1.54) is 5.56 Å². The van der Waals surface area contributed by atoms with Crippen molar-refractivity contribution in [1.29, 1.82) is 0 Å². The molecule has 2 rings (SSSR count). The third kappa shape index (κ3) is 2.37. The summed E-state index contributed by atoms with van der Waals surface area (Å²) in [6.45, 7) is 4.01. The molecule has 1 aromatic carbocycles. The lowest BCUT2D eigenvalue weighted by Crippen LogP contribution is -2.16. The molecule has 0 unspecified atom stereocenters. The van der Waals surface area contributed by atoms with Crippen molar-refractivity contribution in [2.45, 2.75) is 13.8 Å². The summed E-state index contributed by atoms with van der Waals surface area (Å²) in [5.74, 6) is 0. The Kier molecular flexibility index (Phi) is 3.61. The molecule has 16 heavy (non-hydrogen) atoms. The van der Waals surface area contributed by atoms with Crippen LogP contribution < -0.4 is 5.56 Å². The fraction of sp³-hybridized carbons (Fsp3) is 0.154. The molecular formula is C13H14FNO. The number of aromatic nitrogens is 1. The van der Waals surface area contributed by atoms with Gasteiger partial charge in [-0.15, -0.1) is 0 Å². The predicted octanol–water partition coefficient (Wildman–Crippen LogP) is 2.61. The largest absolute Gasteiger partial charge is 0.284 e. The van der Waals surface area contributed by atoms with Gasteiger partial charge in [-0.1, -0.05) is 23.8 Å². The van der Waals surface area contributed by atoms with Crippen molar-refractivity contribution in [1.82, 2.24) is 4.57 Å². The van der Waals surface area contributed by atoms with Crippen LogP contribution in [0.15, 0.2) is 47.4 Å². The summed E-state index contributed by atoms with van der Waals surface area (Å²) in [4.78, 5) is 11.6. The number of hydrogen-bond donors (Lipinski definition) is 0. The fourth-order valence-electron chi connectivity index (χ4n) is 1.50. The highest BCUT2D eigenvalue weighted by atomic mass is 19.0. The molecule has 2 aromatic rings. The average Bonchev–Trinajstić information content (AvgIpc) is 2.23. The van der Waals surface area contributed by atoms with Gasteiger partial charge in [0, 0.05) is 18.0 Å². The van der Waals surface area contributed by atoms with Gasteiger partial charge in [0.2, 0.25) is 0 Å². The van der Waals surface area contributed by atoms with Crippen LogP contribution in [0.3, 0.4) is 0 Å². The highest BCUT2D eigenvalue weighted by Gasteiger charge is 1.98. The van der Waals surface area contributed by atoms with E-state index in [0.717, 1.165) is 11.3 Å². The average molecular weight is 219 g/mol. The van der Waals surface area contributed by atoms with E-state index < -0.39 is 0 Å². The summed E-state index contributed by atoms with van der Waals surface area (Å²) in [7, 11) is 0. The van der Waals surface area contributed by atoms with E-state index in [9.17, 15) is 4.79 Å². The topological polar surface area (TPSA) is 22.0 Å². The van der Waals surface area contributed by atoms with Gasteiger partial charge in [0.1, 0.15) is 0 Å². The Bertz CT molecular complexity index is 528. The maximum Gasteiger partial charge on any atom is 0.255 e. The monoisotopic (exact) mass is 219 g/mol. The minimum Gasteiger partial charge on any atom is -0.284 e. The predicted molar refractivity (Wildman–Crippen MR) is 64.0 cm³/mol. The lowest BCUT2D eigenvalue weighted by Gasteiger charge is -2.06. The highest BCUT2D eigenvalue weighted by Crippen LogP contribution is 2.07. The highest BCUT2D eigenvalue weighted by molar-refractivity contribution is 5.35. The molecule has 0 saturated carbocycles. The molecule has 1 heterocycles. The van der Waals surface area contributed by atoms with Crippen LogP contribution in [0.5, 0.6) is 0 Å². The van der Waals surface area contributed by atoms with Gasteiger partial charge in [-0.2, -0.15) is 0 Å². The Hall–Kier alpha value is -1.90. The molecule has 0 bridgehead atoms. The second kappa shape index (κ2) is 4.75. The number of benzene rings is 1. The molecular weight excluding hydrogens is 205 g/mol. The van der Waals surface area contributed by atoms with Gasteiger partial charge in [-0.3, -0.25) is 14.1 Å². The third-order valence-electron chi connectivity index (χ3n) is 2.37. The van der Waals surface area contributed by atoms with E-state index in [1.807, 2.05) is 50.4 Å². The van der Waals surface area contributed by atoms with Crippen LogP contribution in [-0.2, 0) is 0 Å². The number of aryl methyl sites for hydroxylation is 2. The summed E-state index contributed by atoms with van der Waals surface area (Å²) in [6.07, 6.45) is 1.85. The van der Waals surface area contributed by atoms with Crippen LogP contribution in [0.1, 0.15) is 11.1 Å². The van der Waals surface area contributed by atoms with Gasteiger partial charge in [-0.25, -0.2) is 0 Å². The minimum absolute atomic E-state index is 0. The minimum atomic E-state index is 0. The van der Waals surface area contributed by atoms with Crippen molar-refractivity contribution < 1.29 is 4.70 Å². The van der Waals surface area contributed by atoms with Crippen molar-refractivity contribution in [2.24, 2.45) is 0 Å². The Balaban J connectivity index is 0.00000128.